The third-order valence-corrected chi connectivity index (χ3v) is 6.30. The number of nitrogens with two attached hydrogens (primary N) is 1. The van der Waals surface area contributed by atoms with Gasteiger partial charge in [0, 0.05) is 24.3 Å². The standard InChI is InChI=1S/C27H25F4N7O3/c1-3-14(12-41-2)22(32)24(39)21-11-18(23-25(33)34-13-35-38(21)23)15-7-8-20(19(28)9-15)37-26(40)36-17-6-4-5-16(10-17)27(29,30)31/h4-11,13-14,32H,3,12H2,1-2H3,(H2,33,34,35)(H2,36,37,40). The van der Waals surface area contributed by atoms with Gasteiger partial charge in [-0.25, -0.2) is 18.7 Å². The highest BCUT2D eigenvalue weighted by Crippen LogP contribution is 2.33. The number of aromatic nitrogens is 3. The first-order valence-electron chi connectivity index (χ1n) is 12.2. The van der Waals surface area contributed by atoms with Crippen molar-refractivity contribution in [2.75, 3.05) is 30.1 Å². The lowest BCUT2D eigenvalue weighted by molar-refractivity contribution is -0.137. The van der Waals surface area contributed by atoms with Crippen LogP contribution in [0.3, 0.4) is 0 Å². The van der Waals surface area contributed by atoms with Crippen LogP contribution in [-0.4, -0.2) is 45.8 Å². The number of nitrogen functional groups attached to an aromatic ring is 1. The molecule has 41 heavy (non-hydrogen) atoms. The zero-order valence-corrected chi connectivity index (χ0v) is 21.8. The van der Waals surface area contributed by atoms with Gasteiger partial charge in [-0.1, -0.05) is 19.1 Å². The van der Waals surface area contributed by atoms with Crippen molar-refractivity contribution in [2.24, 2.45) is 5.92 Å². The molecule has 214 valence electrons. The Morgan fingerprint density at radius 3 is 2.56 bits per heavy atom. The van der Waals surface area contributed by atoms with Crippen molar-refractivity contribution < 1.29 is 31.9 Å². The highest BCUT2D eigenvalue weighted by atomic mass is 19.4. The Bertz CT molecular complexity index is 1640. The van der Waals surface area contributed by atoms with E-state index >= 15 is 4.39 Å². The molecule has 0 radical (unpaired) electrons. The van der Waals surface area contributed by atoms with Gasteiger partial charge < -0.3 is 26.5 Å². The number of hydrogen-bond acceptors (Lipinski definition) is 7. The van der Waals surface area contributed by atoms with Crippen LogP contribution in [0, 0.1) is 17.1 Å². The Morgan fingerprint density at radius 1 is 1.15 bits per heavy atom. The number of anilines is 3. The first-order chi connectivity index (χ1) is 19.4. The number of ether oxygens (including phenoxy) is 1. The van der Waals surface area contributed by atoms with Crippen LogP contribution in [0.5, 0.6) is 0 Å². The van der Waals surface area contributed by atoms with Gasteiger partial charge in [0.2, 0.25) is 5.78 Å². The molecule has 0 saturated carbocycles. The minimum absolute atomic E-state index is 0.00703. The van der Waals surface area contributed by atoms with E-state index in [1.54, 1.807) is 0 Å². The minimum atomic E-state index is -4.60. The molecule has 0 fully saturated rings. The summed E-state index contributed by atoms with van der Waals surface area (Å²) in [5.41, 5.74) is 5.35. The fourth-order valence-electron chi connectivity index (χ4n) is 4.22. The molecule has 2 heterocycles. The highest BCUT2D eigenvalue weighted by Gasteiger charge is 2.30. The van der Waals surface area contributed by atoms with Crippen molar-refractivity contribution in [2.45, 2.75) is 19.5 Å². The number of methoxy groups -OCH3 is 1. The molecule has 1 unspecified atom stereocenters. The molecule has 4 rings (SSSR count). The third kappa shape index (κ3) is 6.17. The number of alkyl halides is 3. The molecule has 0 bridgehead atoms. The summed E-state index contributed by atoms with van der Waals surface area (Å²) < 4.78 is 60.3. The Labute approximate surface area is 231 Å². The summed E-state index contributed by atoms with van der Waals surface area (Å²) in [7, 11) is 1.47. The number of amides is 2. The highest BCUT2D eigenvalue weighted by molar-refractivity contribution is 6.45. The van der Waals surface area contributed by atoms with E-state index in [1.807, 2.05) is 6.92 Å². The second-order valence-electron chi connectivity index (χ2n) is 9.00. The number of nitrogens with one attached hydrogen (secondary N) is 3. The average Bonchev–Trinajstić information content (AvgIpc) is 3.32. The molecule has 14 heteroatoms. The fraction of sp³-hybridized carbons (Fsp3) is 0.222. The molecule has 2 aromatic carbocycles. The number of fused-ring (bicyclic) bond motifs is 1. The summed E-state index contributed by atoms with van der Waals surface area (Å²) in [5, 5.41) is 17.0. The minimum Gasteiger partial charge on any atom is -0.384 e. The summed E-state index contributed by atoms with van der Waals surface area (Å²) in [6.07, 6.45) is -2.96. The van der Waals surface area contributed by atoms with Crippen molar-refractivity contribution in [3.05, 3.63) is 71.9 Å². The second-order valence-corrected chi connectivity index (χ2v) is 9.00. The maximum atomic E-state index is 15.1. The van der Waals surface area contributed by atoms with Gasteiger partial charge in [0.25, 0.3) is 0 Å². The predicted octanol–water partition coefficient (Wildman–Crippen LogP) is 5.66. The molecule has 4 aromatic rings. The largest absolute Gasteiger partial charge is 0.416 e. The number of hydrogen-bond donors (Lipinski definition) is 4. The molecule has 0 spiro atoms. The number of Topliss-reactive ketones (excluding diaryl/α,β-unsaturated/α-hetero) is 1. The smallest absolute Gasteiger partial charge is 0.384 e. The number of carbonyl (C=O) groups is 2. The van der Waals surface area contributed by atoms with E-state index in [0.717, 1.165) is 30.6 Å². The molecule has 0 aliphatic rings. The zero-order chi connectivity index (χ0) is 29.9. The van der Waals surface area contributed by atoms with Gasteiger partial charge in [0.15, 0.2) is 5.82 Å². The Kier molecular flexibility index (Phi) is 8.33. The van der Waals surface area contributed by atoms with Crippen LogP contribution >= 0.6 is 0 Å². The predicted molar refractivity (Wildman–Crippen MR) is 145 cm³/mol. The lowest BCUT2D eigenvalue weighted by atomic mass is 9.96. The number of halogens is 4. The van der Waals surface area contributed by atoms with Crippen molar-refractivity contribution >= 4 is 40.2 Å². The van der Waals surface area contributed by atoms with Crippen molar-refractivity contribution in [3.8, 4) is 11.1 Å². The number of carbonyl (C=O) groups excluding carboxylic acids is 2. The topological polar surface area (TPSA) is 147 Å². The lowest BCUT2D eigenvalue weighted by Gasteiger charge is -2.13. The van der Waals surface area contributed by atoms with Crippen LogP contribution in [0.4, 0.5) is 39.5 Å². The van der Waals surface area contributed by atoms with Crippen LogP contribution in [0.2, 0.25) is 0 Å². The van der Waals surface area contributed by atoms with Gasteiger partial charge in [0.05, 0.1) is 23.6 Å². The number of ketones is 1. The number of rotatable bonds is 9. The van der Waals surface area contributed by atoms with E-state index < -0.39 is 35.3 Å². The van der Waals surface area contributed by atoms with Gasteiger partial charge in [-0.15, -0.1) is 0 Å². The molecule has 0 aliphatic heterocycles. The summed E-state index contributed by atoms with van der Waals surface area (Å²) >= 11 is 0. The summed E-state index contributed by atoms with van der Waals surface area (Å²) in [4.78, 5) is 29.6. The van der Waals surface area contributed by atoms with E-state index in [-0.39, 0.29) is 46.3 Å². The van der Waals surface area contributed by atoms with E-state index in [1.165, 1.54) is 35.9 Å². The van der Waals surface area contributed by atoms with Crippen LogP contribution in [0.25, 0.3) is 16.6 Å². The quantitative estimate of drug-likeness (QED) is 0.116. The fourth-order valence-corrected chi connectivity index (χ4v) is 4.22. The SMILES string of the molecule is CCC(COC)C(=N)C(=O)c1cc(-c2ccc(NC(=O)Nc3cccc(C(F)(F)F)c3)c(F)c2)c2c(N)ncnn12. The lowest BCUT2D eigenvalue weighted by Crippen LogP contribution is -2.27. The maximum Gasteiger partial charge on any atom is 0.416 e. The molecule has 0 aliphatic carbocycles. The normalized spacial score (nSPS) is 12.2. The summed E-state index contributed by atoms with van der Waals surface area (Å²) in [6.45, 7) is 2.00. The molecule has 2 aromatic heterocycles. The Morgan fingerprint density at radius 2 is 1.90 bits per heavy atom. The first kappa shape index (κ1) is 29.1. The van der Waals surface area contributed by atoms with E-state index in [4.69, 9.17) is 15.9 Å². The molecular weight excluding hydrogens is 546 g/mol. The summed E-state index contributed by atoms with van der Waals surface area (Å²) in [5.74, 6) is -1.93. The van der Waals surface area contributed by atoms with Crippen LogP contribution < -0.4 is 16.4 Å². The number of benzene rings is 2. The molecular formula is C27H25F4N7O3. The van der Waals surface area contributed by atoms with E-state index in [9.17, 15) is 22.8 Å². The van der Waals surface area contributed by atoms with Gasteiger partial charge in [-0.2, -0.15) is 18.3 Å². The Balaban J connectivity index is 1.62. The van der Waals surface area contributed by atoms with E-state index in [0.29, 0.717) is 12.0 Å². The van der Waals surface area contributed by atoms with Gasteiger partial charge in [-0.3, -0.25) is 4.79 Å². The number of nitrogens with zero attached hydrogens (tertiary/aromatic N) is 3. The van der Waals surface area contributed by atoms with Gasteiger partial charge in [-0.05, 0) is 48.4 Å². The zero-order valence-electron chi connectivity index (χ0n) is 21.8. The molecule has 0 saturated heterocycles. The average molecular weight is 572 g/mol. The molecule has 5 N–H and O–H groups in total. The molecule has 1 atom stereocenters. The van der Waals surface area contributed by atoms with Gasteiger partial charge in [0.1, 0.15) is 23.4 Å². The van der Waals surface area contributed by atoms with Gasteiger partial charge >= 0.3 is 12.2 Å². The number of urea groups is 1. The third-order valence-electron chi connectivity index (χ3n) is 6.30. The Hall–Kier alpha value is -4.85. The first-order valence-corrected chi connectivity index (χ1v) is 12.2. The summed E-state index contributed by atoms with van der Waals surface area (Å²) in [6, 6.07) is 8.24. The maximum absolute atomic E-state index is 15.1. The van der Waals surface area contributed by atoms with Crippen LogP contribution in [0.1, 0.15) is 29.4 Å². The van der Waals surface area contributed by atoms with Crippen molar-refractivity contribution in [1.29, 1.82) is 5.41 Å². The molecule has 10 nitrogen and oxygen atoms in total. The molecule has 2 amide bonds. The van der Waals surface area contributed by atoms with Crippen LogP contribution in [0.15, 0.2) is 54.9 Å². The monoisotopic (exact) mass is 571 g/mol. The van der Waals surface area contributed by atoms with Crippen molar-refractivity contribution in [1.82, 2.24) is 14.6 Å². The van der Waals surface area contributed by atoms with Crippen molar-refractivity contribution in [3.63, 3.8) is 0 Å². The van der Waals surface area contributed by atoms with Crippen LogP contribution in [-0.2, 0) is 10.9 Å². The van der Waals surface area contributed by atoms with E-state index in [2.05, 4.69) is 20.7 Å². The second kappa shape index (κ2) is 11.7.